The van der Waals surface area contributed by atoms with E-state index in [4.69, 9.17) is 0 Å². The molecule has 2 aromatic rings. The highest BCUT2D eigenvalue weighted by atomic mass is 79.9. The van der Waals surface area contributed by atoms with Gasteiger partial charge in [-0.15, -0.1) is 0 Å². The summed E-state index contributed by atoms with van der Waals surface area (Å²) in [6.45, 7) is 2.76. The van der Waals surface area contributed by atoms with E-state index in [0.29, 0.717) is 12.1 Å². The highest BCUT2D eigenvalue weighted by molar-refractivity contribution is 9.11. The predicted molar refractivity (Wildman–Crippen MR) is 102 cm³/mol. The summed E-state index contributed by atoms with van der Waals surface area (Å²) in [6, 6.07) is 14.1. The molecule has 2 rings (SSSR count). The normalized spacial score (nSPS) is 10.5. The van der Waals surface area contributed by atoms with Crippen LogP contribution >= 0.6 is 43.6 Å². The Balaban J connectivity index is 1.76. The Morgan fingerprint density at radius 2 is 1.82 bits per heavy atom. The maximum Gasteiger partial charge on any atom is 0.253 e. The van der Waals surface area contributed by atoms with Gasteiger partial charge in [-0.3, -0.25) is 4.79 Å². The van der Waals surface area contributed by atoms with Gasteiger partial charge in [0.1, 0.15) is 0 Å². The highest BCUT2D eigenvalue weighted by Gasteiger charge is 2.12. The molecule has 22 heavy (non-hydrogen) atoms. The molecule has 0 saturated heterocycles. The number of nitrogens with one attached hydrogen (secondary N) is 1. The minimum atomic E-state index is -0.0597. The maximum absolute atomic E-state index is 12.2. The van der Waals surface area contributed by atoms with Gasteiger partial charge in [0.2, 0.25) is 0 Å². The van der Waals surface area contributed by atoms with Crippen LogP contribution in [0.5, 0.6) is 0 Å². The highest BCUT2D eigenvalue weighted by Crippen LogP contribution is 2.24. The Bertz CT molecular complexity index is 641. The molecule has 0 fully saturated rings. The molecule has 0 aliphatic heterocycles. The first kappa shape index (κ1) is 17.6. The zero-order valence-corrected chi connectivity index (χ0v) is 16.2. The van der Waals surface area contributed by atoms with Crippen molar-refractivity contribution in [2.24, 2.45) is 0 Å². The van der Waals surface area contributed by atoms with Crippen LogP contribution in [0, 0.1) is 6.92 Å². The summed E-state index contributed by atoms with van der Waals surface area (Å²) in [5, 5.41) is 2.96. The second kappa shape index (κ2) is 8.75. The summed E-state index contributed by atoms with van der Waals surface area (Å²) >= 11 is 8.65. The van der Waals surface area contributed by atoms with Crippen molar-refractivity contribution < 1.29 is 4.79 Å². The molecular weight excluding hydrogens is 426 g/mol. The zero-order chi connectivity index (χ0) is 15.9. The van der Waals surface area contributed by atoms with Crippen LogP contribution in [0.25, 0.3) is 0 Å². The molecule has 1 amide bonds. The fraction of sp³-hybridized carbons (Fsp3) is 0.235. The van der Waals surface area contributed by atoms with Crippen molar-refractivity contribution >= 4 is 49.5 Å². The molecule has 0 bridgehead atoms. The molecule has 0 saturated carbocycles. The van der Waals surface area contributed by atoms with Crippen molar-refractivity contribution in [2.45, 2.75) is 12.7 Å². The maximum atomic E-state index is 12.2. The van der Waals surface area contributed by atoms with Crippen molar-refractivity contribution in [3.05, 3.63) is 68.1 Å². The Morgan fingerprint density at radius 1 is 1.14 bits per heavy atom. The number of halogens is 2. The van der Waals surface area contributed by atoms with E-state index in [1.807, 2.05) is 30.0 Å². The molecule has 0 radical (unpaired) electrons. The van der Waals surface area contributed by atoms with Crippen molar-refractivity contribution in [1.29, 1.82) is 0 Å². The molecule has 1 N–H and O–H groups in total. The molecule has 0 spiro atoms. The van der Waals surface area contributed by atoms with Gasteiger partial charge in [-0.2, -0.15) is 11.8 Å². The van der Waals surface area contributed by atoms with Gasteiger partial charge < -0.3 is 5.32 Å². The standard InChI is InChI=1S/C17H17Br2NOS/c1-12-4-2-5-13(10-12)11-22-9-8-20-17(21)16-14(18)6-3-7-15(16)19/h2-7,10H,8-9,11H2,1H3,(H,20,21). The number of carbonyl (C=O) groups is 1. The number of thioether (sulfide) groups is 1. The molecular formula is C17H17Br2NOS. The first-order chi connectivity index (χ1) is 10.6. The number of hydrogen-bond acceptors (Lipinski definition) is 2. The fourth-order valence-corrected chi connectivity index (χ4v) is 4.20. The summed E-state index contributed by atoms with van der Waals surface area (Å²) in [5.41, 5.74) is 3.25. The fourth-order valence-electron chi connectivity index (χ4n) is 2.03. The average molecular weight is 443 g/mol. The number of amides is 1. The average Bonchev–Trinajstić information content (AvgIpc) is 2.47. The summed E-state index contributed by atoms with van der Waals surface area (Å²) in [5.74, 6) is 1.80. The van der Waals surface area contributed by atoms with E-state index in [1.165, 1.54) is 11.1 Å². The van der Waals surface area contributed by atoms with Crippen LogP contribution in [0.2, 0.25) is 0 Å². The molecule has 0 unspecified atom stereocenters. The van der Waals surface area contributed by atoms with Crippen LogP contribution in [-0.4, -0.2) is 18.2 Å². The molecule has 5 heteroatoms. The molecule has 2 aromatic carbocycles. The van der Waals surface area contributed by atoms with Crippen LogP contribution in [0.4, 0.5) is 0 Å². The SMILES string of the molecule is Cc1cccc(CSCCNC(=O)c2c(Br)cccc2Br)c1. The predicted octanol–water partition coefficient (Wildman–Crippen LogP) is 5.18. The number of carbonyl (C=O) groups excluding carboxylic acids is 1. The smallest absolute Gasteiger partial charge is 0.253 e. The summed E-state index contributed by atoms with van der Waals surface area (Å²) in [7, 11) is 0. The van der Waals surface area contributed by atoms with E-state index in [9.17, 15) is 4.79 Å². The van der Waals surface area contributed by atoms with Gasteiger partial charge in [0.15, 0.2) is 0 Å². The first-order valence-corrected chi connectivity index (χ1v) is 9.67. The van der Waals surface area contributed by atoms with Gasteiger partial charge in [-0.25, -0.2) is 0 Å². The lowest BCUT2D eigenvalue weighted by atomic mass is 10.2. The van der Waals surface area contributed by atoms with Gasteiger partial charge >= 0.3 is 0 Å². The van der Waals surface area contributed by atoms with E-state index in [1.54, 1.807) is 0 Å². The van der Waals surface area contributed by atoms with Crippen LogP contribution in [0.3, 0.4) is 0 Å². The minimum absolute atomic E-state index is 0.0597. The van der Waals surface area contributed by atoms with Gasteiger partial charge in [0, 0.05) is 27.0 Å². The summed E-state index contributed by atoms with van der Waals surface area (Å²) in [6.07, 6.45) is 0. The molecule has 0 aliphatic carbocycles. The Labute approximate surface area is 152 Å². The summed E-state index contributed by atoms with van der Waals surface area (Å²) in [4.78, 5) is 12.2. The first-order valence-electron chi connectivity index (χ1n) is 6.93. The Hall–Kier alpha value is -0.780. The number of benzene rings is 2. The van der Waals surface area contributed by atoms with E-state index in [2.05, 4.69) is 68.4 Å². The number of hydrogen-bond donors (Lipinski definition) is 1. The molecule has 0 aliphatic rings. The lowest BCUT2D eigenvalue weighted by molar-refractivity contribution is 0.0954. The van der Waals surface area contributed by atoms with Crippen LogP contribution in [0.1, 0.15) is 21.5 Å². The largest absolute Gasteiger partial charge is 0.351 e. The van der Waals surface area contributed by atoms with Crippen molar-refractivity contribution in [3.63, 3.8) is 0 Å². The monoisotopic (exact) mass is 441 g/mol. The molecule has 0 heterocycles. The van der Waals surface area contributed by atoms with Crippen LogP contribution < -0.4 is 5.32 Å². The third-order valence-electron chi connectivity index (χ3n) is 3.07. The van der Waals surface area contributed by atoms with E-state index in [-0.39, 0.29) is 5.91 Å². The zero-order valence-electron chi connectivity index (χ0n) is 12.2. The van der Waals surface area contributed by atoms with Crippen molar-refractivity contribution in [2.75, 3.05) is 12.3 Å². The topological polar surface area (TPSA) is 29.1 Å². The van der Waals surface area contributed by atoms with Gasteiger partial charge in [0.05, 0.1) is 5.56 Å². The van der Waals surface area contributed by atoms with Gasteiger partial charge in [0.25, 0.3) is 5.91 Å². The molecule has 0 atom stereocenters. The van der Waals surface area contributed by atoms with E-state index < -0.39 is 0 Å². The number of rotatable bonds is 6. The van der Waals surface area contributed by atoms with E-state index >= 15 is 0 Å². The second-order valence-electron chi connectivity index (χ2n) is 4.89. The Kier molecular flexibility index (Phi) is 6.99. The van der Waals surface area contributed by atoms with E-state index in [0.717, 1.165) is 20.5 Å². The lowest BCUT2D eigenvalue weighted by Crippen LogP contribution is -2.26. The second-order valence-corrected chi connectivity index (χ2v) is 7.71. The lowest BCUT2D eigenvalue weighted by Gasteiger charge is -2.09. The number of aryl methyl sites for hydroxylation is 1. The molecule has 0 aromatic heterocycles. The summed E-state index contributed by atoms with van der Waals surface area (Å²) < 4.78 is 1.60. The van der Waals surface area contributed by atoms with Crippen LogP contribution in [-0.2, 0) is 5.75 Å². The third-order valence-corrected chi connectivity index (χ3v) is 5.42. The van der Waals surface area contributed by atoms with Crippen molar-refractivity contribution in [3.8, 4) is 0 Å². The van der Waals surface area contributed by atoms with Crippen LogP contribution in [0.15, 0.2) is 51.4 Å². The Morgan fingerprint density at radius 3 is 2.50 bits per heavy atom. The quantitative estimate of drug-likeness (QED) is 0.624. The molecule has 116 valence electrons. The third kappa shape index (κ3) is 5.14. The minimum Gasteiger partial charge on any atom is -0.351 e. The van der Waals surface area contributed by atoms with Crippen molar-refractivity contribution in [1.82, 2.24) is 5.32 Å². The van der Waals surface area contributed by atoms with Gasteiger partial charge in [-0.05, 0) is 56.5 Å². The molecule has 2 nitrogen and oxygen atoms in total. The van der Waals surface area contributed by atoms with Gasteiger partial charge in [-0.1, -0.05) is 35.9 Å².